The molecular weight excluding hydrogens is 402 g/mol. The number of rotatable bonds is 6. The topological polar surface area (TPSA) is 96.0 Å². The van der Waals surface area contributed by atoms with E-state index in [9.17, 15) is 9.59 Å². The summed E-state index contributed by atoms with van der Waals surface area (Å²) in [7, 11) is 0. The molecule has 7 heteroatoms. The molecule has 0 aliphatic rings. The van der Waals surface area contributed by atoms with Crippen LogP contribution in [0.25, 0.3) is 0 Å². The molecule has 0 radical (unpaired) electrons. The van der Waals surface area contributed by atoms with E-state index in [4.69, 9.17) is 0 Å². The average molecular weight is 432 g/mol. The molecule has 3 aromatic rings. The number of amides is 2. The second-order valence-corrected chi connectivity index (χ2v) is 8.74. The van der Waals surface area contributed by atoms with Gasteiger partial charge in [-0.2, -0.15) is 0 Å². The van der Waals surface area contributed by atoms with Crippen molar-refractivity contribution in [2.75, 3.05) is 17.2 Å². The van der Waals surface area contributed by atoms with Gasteiger partial charge in [-0.05, 0) is 61.2 Å². The third kappa shape index (κ3) is 6.38. The van der Waals surface area contributed by atoms with Crippen molar-refractivity contribution in [1.82, 2.24) is 15.3 Å². The summed E-state index contributed by atoms with van der Waals surface area (Å²) in [6.45, 7) is 10.0. The summed E-state index contributed by atoms with van der Waals surface area (Å²) in [4.78, 5) is 33.4. The van der Waals surface area contributed by atoms with Crippen LogP contribution in [0.3, 0.4) is 0 Å². The van der Waals surface area contributed by atoms with Crippen LogP contribution >= 0.6 is 0 Å². The number of aromatic nitrogens is 2. The lowest BCUT2D eigenvalue weighted by Gasteiger charge is -2.19. The van der Waals surface area contributed by atoms with E-state index in [0.717, 1.165) is 22.6 Å². The molecule has 1 heterocycles. The Kier molecular flexibility index (Phi) is 6.88. The van der Waals surface area contributed by atoms with Gasteiger partial charge in [0, 0.05) is 28.3 Å². The lowest BCUT2D eigenvalue weighted by atomic mass is 9.87. The Morgan fingerprint density at radius 2 is 1.50 bits per heavy atom. The zero-order chi connectivity index (χ0) is 23.3. The Balaban J connectivity index is 1.55. The molecule has 3 rings (SSSR count). The van der Waals surface area contributed by atoms with E-state index in [1.165, 1.54) is 0 Å². The molecular formula is C25H29N5O2. The van der Waals surface area contributed by atoms with Gasteiger partial charge in [0.05, 0.1) is 6.54 Å². The van der Waals surface area contributed by atoms with E-state index < -0.39 is 0 Å². The first-order chi connectivity index (χ1) is 15.1. The Morgan fingerprint density at radius 3 is 2.12 bits per heavy atom. The zero-order valence-corrected chi connectivity index (χ0v) is 19.1. The van der Waals surface area contributed by atoms with E-state index in [-0.39, 0.29) is 23.8 Å². The van der Waals surface area contributed by atoms with Crippen LogP contribution in [0.5, 0.6) is 0 Å². The predicted octanol–water partition coefficient (Wildman–Crippen LogP) is 4.50. The maximum absolute atomic E-state index is 12.4. The van der Waals surface area contributed by atoms with Crippen LogP contribution < -0.4 is 16.0 Å². The maximum atomic E-state index is 12.4. The van der Waals surface area contributed by atoms with E-state index in [1.807, 2.05) is 44.2 Å². The number of carbonyl (C=O) groups is 2. The van der Waals surface area contributed by atoms with E-state index >= 15 is 0 Å². The van der Waals surface area contributed by atoms with Gasteiger partial charge in [0.2, 0.25) is 11.9 Å². The molecule has 0 bridgehead atoms. The fourth-order valence-electron chi connectivity index (χ4n) is 3.18. The average Bonchev–Trinajstić information content (AvgIpc) is 2.71. The first-order valence-electron chi connectivity index (χ1n) is 10.5. The van der Waals surface area contributed by atoms with Crippen molar-refractivity contribution < 1.29 is 9.59 Å². The highest BCUT2D eigenvalue weighted by Crippen LogP contribution is 2.22. The summed E-state index contributed by atoms with van der Waals surface area (Å²) in [5.41, 5.74) is 4.77. The lowest BCUT2D eigenvalue weighted by Crippen LogP contribution is -2.32. The number of aryl methyl sites for hydroxylation is 2. The first kappa shape index (κ1) is 22.9. The molecule has 0 fully saturated rings. The van der Waals surface area contributed by atoms with Crippen LogP contribution in [-0.4, -0.2) is 28.3 Å². The lowest BCUT2D eigenvalue weighted by molar-refractivity contribution is -0.115. The number of carbonyl (C=O) groups excluding carboxylic acids is 2. The van der Waals surface area contributed by atoms with Crippen molar-refractivity contribution in [3.8, 4) is 0 Å². The molecule has 0 unspecified atom stereocenters. The van der Waals surface area contributed by atoms with E-state index in [0.29, 0.717) is 17.2 Å². The first-order valence-corrected chi connectivity index (χ1v) is 10.5. The third-order valence-electron chi connectivity index (χ3n) is 4.81. The SMILES string of the molecule is Cc1cc(C)nc(Nc2cccc(NC(=O)CNC(=O)c3ccc(C(C)(C)C)cc3)c2)n1. The minimum Gasteiger partial charge on any atom is -0.343 e. The summed E-state index contributed by atoms with van der Waals surface area (Å²) in [6.07, 6.45) is 0. The largest absolute Gasteiger partial charge is 0.343 e. The fourth-order valence-corrected chi connectivity index (χ4v) is 3.18. The molecule has 0 saturated heterocycles. The molecule has 0 atom stereocenters. The zero-order valence-electron chi connectivity index (χ0n) is 19.1. The summed E-state index contributed by atoms with van der Waals surface area (Å²) in [5, 5.41) is 8.59. The number of anilines is 3. The van der Waals surface area contributed by atoms with Gasteiger partial charge in [-0.3, -0.25) is 9.59 Å². The normalized spacial score (nSPS) is 11.0. The number of hydrogen-bond acceptors (Lipinski definition) is 5. The maximum Gasteiger partial charge on any atom is 0.251 e. The molecule has 7 nitrogen and oxygen atoms in total. The van der Waals surface area contributed by atoms with Crippen molar-refractivity contribution in [2.45, 2.75) is 40.0 Å². The van der Waals surface area contributed by atoms with Crippen LogP contribution in [-0.2, 0) is 10.2 Å². The summed E-state index contributed by atoms with van der Waals surface area (Å²) < 4.78 is 0. The summed E-state index contributed by atoms with van der Waals surface area (Å²) >= 11 is 0. The van der Waals surface area contributed by atoms with Gasteiger partial charge in [-0.25, -0.2) is 9.97 Å². The minimum atomic E-state index is -0.315. The van der Waals surface area contributed by atoms with E-state index in [2.05, 4.69) is 46.7 Å². The van der Waals surface area contributed by atoms with Crippen LogP contribution in [0.2, 0.25) is 0 Å². The van der Waals surface area contributed by atoms with Crippen LogP contribution in [0.1, 0.15) is 48.1 Å². The number of nitrogens with one attached hydrogen (secondary N) is 3. The molecule has 1 aromatic heterocycles. The number of nitrogens with zero attached hydrogens (tertiary/aromatic N) is 2. The Bertz CT molecular complexity index is 1100. The molecule has 0 aliphatic carbocycles. The third-order valence-corrected chi connectivity index (χ3v) is 4.81. The highest BCUT2D eigenvalue weighted by Gasteiger charge is 2.14. The van der Waals surface area contributed by atoms with Gasteiger partial charge < -0.3 is 16.0 Å². The standard InChI is InChI=1S/C25H29N5O2/c1-16-13-17(2)28-24(27-16)30-21-8-6-7-20(14-21)29-22(31)15-26-23(32)18-9-11-19(12-10-18)25(3,4)5/h6-14H,15H2,1-5H3,(H,26,32)(H,29,31)(H,27,28,30). The van der Waals surface area contributed by atoms with Gasteiger partial charge in [-0.1, -0.05) is 39.0 Å². The number of benzene rings is 2. The molecule has 0 saturated carbocycles. The van der Waals surface area contributed by atoms with Gasteiger partial charge >= 0.3 is 0 Å². The van der Waals surface area contributed by atoms with Gasteiger partial charge in [0.15, 0.2) is 0 Å². The molecule has 2 aromatic carbocycles. The number of hydrogen-bond donors (Lipinski definition) is 3. The van der Waals surface area contributed by atoms with Gasteiger partial charge in [0.25, 0.3) is 5.91 Å². The highest BCUT2D eigenvalue weighted by molar-refractivity contribution is 5.99. The highest BCUT2D eigenvalue weighted by atomic mass is 16.2. The molecule has 3 N–H and O–H groups in total. The van der Waals surface area contributed by atoms with Crippen LogP contribution in [0, 0.1) is 13.8 Å². The molecule has 32 heavy (non-hydrogen) atoms. The van der Waals surface area contributed by atoms with Crippen molar-refractivity contribution in [3.05, 3.63) is 77.1 Å². The summed E-state index contributed by atoms with van der Waals surface area (Å²) in [6, 6.07) is 16.6. The monoisotopic (exact) mass is 431 g/mol. The second-order valence-electron chi connectivity index (χ2n) is 8.74. The Labute approximate surface area is 188 Å². The second kappa shape index (κ2) is 9.60. The molecule has 0 aliphatic heterocycles. The van der Waals surface area contributed by atoms with Crippen molar-refractivity contribution in [1.29, 1.82) is 0 Å². The van der Waals surface area contributed by atoms with Crippen LogP contribution in [0.4, 0.5) is 17.3 Å². The molecule has 166 valence electrons. The summed E-state index contributed by atoms with van der Waals surface area (Å²) in [5.74, 6) is -0.108. The van der Waals surface area contributed by atoms with Crippen molar-refractivity contribution in [2.24, 2.45) is 0 Å². The minimum absolute atomic E-state index is 0.0164. The van der Waals surface area contributed by atoms with Crippen molar-refractivity contribution in [3.63, 3.8) is 0 Å². The molecule has 0 spiro atoms. The van der Waals surface area contributed by atoms with Gasteiger partial charge in [-0.15, -0.1) is 0 Å². The van der Waals surface area contributed by atoms with Crippen LogP contribution in [0.15, 0.2) is 54.6 Å². The predicted molar refractivity (Wildman–Crippen MR) is 127 cm³/mol. The van der Waals surface area contributed by atoms with E-state index in [1.54, 1.807) is 24.3 Å². The fraction of sp³-hybridized carbons (Fsp3) is 0.280. The quantitative estimate of drug-likeness (QED) is 0.534. The smallest absolute Gasteiger partial charge is 0.251 e. The van der Waals surface area contributed by atoms with Gasteiger partial charge in [0.1, 0.15) is 0 Å². The Morgan fingerprint density at radius 1 is 0.875 bits per heavy atom. The molecule has 2 amide bonds. The van der Waals surface area contributed by atoms with Crippen molar-refractivity contribution >= 4 is 29.1 Å². The Hall–Kier alpha value is -3.74.